The second kappa shape index (κ2) is 2.77. The van der Waals surface area contributed by atoms with E-state index in [0.717, 1.165) is 6.20 Å². The van der Waals surface area contributed by atoms with E-state index in [-0.39, 0.29) is 3.97 Å². The largest absolute Gasteiger partial charge is 0.713 e. The summed E-state index contributed by atoms with van der Waals surface area (Å²) in [5, 5.41) is -1.09. The van der Waals surface area contributed by atoms with Crippen LogP contribution >= 0.6 is 0 Å². The maximum absolute atomic E-state index is 10.5. The highest BCUT2D eigenvalue weighted by Crippen LogP contribution is 1.97. The van der Waals surface area contributed by atoms with Crippen molar-refractivity contribution >= 4 is 20.4 Å². The molecular formula is C3H4N2O6S2. The molecule has 0 amide bonds. The van der Waals surface area contributed by atoms with Crippen LogP contribution in [0.15, 0.2) is 17.6 Å². The number of aromatic amines is 1. The molecule has 0 unspecified atom stereocenters. The van der Waals surface area contributed by atoms with Gasteiger partial charge in [-0.2, -0.15) is 16.8 Å². The van der Waals surface area contributed by atoms with Crippen LogP contribution in [0.4, 0.5) is 0 Å². The fourth-order valence-electron chi connectivity index (χ4n) is 0.672. The van der Waals surface area contributed by atoms with Crippen LogP contribution in [0.2, 0.25) is 0 Å². The topological polar surface area (TPSA) is 131 Å². The first-order valence-corrected chi connectivity index (χ1v) is 5.56. The molecule has 1 aromatic heterocycles. The van der Waals surface area contributed by atoms with Crippen LogP contribution < -0.4 is 3.97 Å². The Labute approximate surface area is 73.5 Å². The first-order valence-electron chi connectivity index (χ1n) is 2.76. The Morgan fingerprint density at radius 3 is 2.23 bits per heavy atom. The maximum Gasteiger partial charge on any atom is 0.415 e. The van der Waals surface area contributed by atoms with Crippen molar-refractivity contribution in [2.24, 2.45) is 0 Å². The van der Waals surface area contributed by atoms with Gasteiger partial charge in [-0.3, -0.25) is 4.55 Å². The summed E-state index contributed by atoms with van der Waals surface area (Å²) in [6.45, 7) is 0. The van der Waals surface area contributed by atoms with Gasteiger partial charge in [0.25, 0.3) is 10.3 Å². The van der Waals surface area contributed by atoms with Gasteiger partial charge in [0.15, 0.2) is 0 Å². The summed E-state index contributed by atoms with van der Waals surface area (Å²) in [4.78, 5) is 1.90. The van der Waals surface area contributed by atoms with Crippen LogP contribution in [0.3, 0.4) is 0 Å². The van der Waals surface area contributed by atoms with E-state index in [2.05, 4.69) is 0 Å². The Hall–Kier alpha value is -0.970. The highest BCUT2D eigenvalue weighted by Gasteiger charge is 2.27. The van der Waals surface area contributed by atoms with Crippen LogP contribution in [-0.2, 0) is 20.4 Å². The van der Waals surface area contributed by atoms with E-state index in [1.807, 2.05) is 4.98 Å². The zero-order valence-corrected chi connectivity index (χ0v) is 7.54. The summed E-state index contributed by atoms with van der Waals surface area (Å²) in [6.07, 6.45) is 1.56. The molecule has 0 aromatic carbocycles. The van der Waals surface area contributed by atoms with Gasteiger partial charge in [0.1, 0.15) is 12.4 Å². The molecular weight excluding hydrogens is 224 g/mol. The van der Waals surface area contributed by atoms with Gasteiger partial charge in [0.05, 0.1) is 0 Å². The van der Waals surface area contributed by atoms with Crippen molar-refractivity contribution in [1.29, 1.82) is 0 Å². The van der Waals surface area contributed by atoms with Gasteiger partial charge in [-0.15, -0.1) is 3.97 Å². The van der Waals surface area contributed by atoms with E-state index >= 15 is 0 Å². The first-order chi connectivity index (χ1) is 5.73. The lowest BCUT2D eigenvalue weighted by atomic mass is 11.0. The third kappa shape index (κ3) is 2.03. The predicted molar refractivity (Wildman–Crippen MR) is 35.9 cm³/mol. The minimum atomic E-state index is -4.98. The fourth-order valence-corrected chi connectivity index (χ4v) is 2.20. The lowest BCUT2D eigenvalue weighted by Gasteiger charge is -2.01. The Bertz CT molecular complexity index is 463. The molecule has 0 aliphatic rings. The molecule has 1 heterocycles. The van der Waals surface area contributed by atoms with Crippen LogP contribution in [0.25, 0.3) is 0 Å². The Morgan fingerprint density at radius 2 is 1.92 bits per heavy atom. The van der Waals surface area contributed by atoms with E-state index in [1.54, 1.807) is 0 Å². The minimum absolute atomic E-state index is 0.123. The van der Waals surface area contributed by atoms with Crippen LogP contribution in [0, 0.1) is 0 Å². The SMILES string of the molecule is O=S(=O)(O)c1[nH]cc[n+]1S(=O)(=O)[O-]. The molecule has 0 spiro atoms. The van der Waals surface area contributed by atoms with Crippen molar-refractivity contribution in [3.05, 3.63) is 12.4 Å². The number of nitrogens with zero attached hydrogens (tertiary/aromatic N) is 1. The molecule has 13 heavy (non-hydrogen) atoms. The van der Waals surface area contributed by atoms with Crippen LogP contribution in [0.5, 0.6) is 0 Å². The van der Waals surface area contributed by atoms with Crippen LogP contribution in [-0.4, -0.2) is 30.9 Å². The van der Waals surface area contributed by atoms with E-state index < -0.39 is 25.6 Å². The highest BCUT2D eigenvalue weighted by molar-refractivity contribution is 7.86. The monoisotopic (exact) mass is 228 g/mol. The molecule has 0 radical (unpaired) electrons. The molecule has 1 rings (SSSR count). The minimum Gasteiger partial charge on any atom is -0.713 e. The number of aromatic nitrogens is 2. The van der Waals surface area contributed by atoms with E-state index in [1.165, 1.54) is 0 Å². The number of H-pyrrole nitrogens is 1. The molecule has 74 valence electrons. The van der Waals surface area contributed by atoms with Crippen molar-refractivity contribution < 1.29 is 29.9 Å². The second-order valence-electron chi connectivity index (χ2n) is 1.99. The van der Waals surface area contributed by atoms with Crippen LogP contribution in [0.1, 0.15) is 0 Å². The average Bonchev–Trinajstić information content (AvgIpc) is 2.27. The van der Waals surface area contributed by atoms with Gasteiger partial charge in [-0.1, -0.05) is 0 Å². The molecule has 1 aromatic rings. The highest BCUT2D eigenvalue weighted by atomic mass is 32.2. The molecule has 0 fully saturated rings. The van der Waals surface area contributed by atoms with Crippen molar-refractivity contribution in [2.45, 2.75) is 5.16 Å². The average molecular weight is 228 g/mol. The number of hydrogen-bond acceptors (Lipinski definition) is 5. The van der Waals surface area contributed by atoms with Crippen molar-refractivity contribution in [3.63, 3.8) is 0 Å². The van der Waals surface area contributed by atoms with Gasteiger partial charge in [-0.25, -0.2) is 4.98 Å². The standard InChI is InChI=1S/C3H4N2O6S2/c6-12(7,8)3-4-1-2-5(3)13(9,10)11/h1-2H,(H2,6,7,8,9,10,11). The molecule has 0 atom stereocenters. The van der Waals surface area contributed by atoms with Gasteiger partial charge in [0, 0.05) is 0 Å². The van der Waals surface area contributed by atoms with E-state index in [9.17, 15) is 21.4 Å². The summed E-state index contributed by atoms with van der Waals surface area (Å²) < 4.78 is 60.4. The van der Waals surface area contributed by atoms with E-state index in [4.69, 9.17) is 4.55 Å². The molecule has 0 aliphatic heterocycles. The van der Waals surface area contributed by atoms with Gasteiger partial charge in [0.2, 0.25) is 0 Å². The molecule has 10 heteroatoms. The third-order valence-corrected chi connectivity index (χ3v) is 2.81. The summed E-state index contributed by atoms with van der Waals surface area (Å²) in [7, 11) is -9.72. The lowest BCUT2D eigenvalue weighted by Crippen LogP contribution is -2.45. The molecule has 0 aliphatic carbocycles. The summed E-state index contributed by atoms with van der Waals surface area (Å²) >= 11 is 0. The zero-order valence-electron chi connectivity index (χ0n) is 5.91. The third-order valence-electron chi connectivity index (χ3n) is 1.10. The number of imidazole rings is 1. The predicted octanol–water partition coefficient (Wildman–Crippen LogP) is -2.14. The van der Waals surface area contributed by atoms with Crippen molar-refractivity contribution in [2.75, 3.05) is 0 Å². The Balaban J connectivity index is 3.54. The lowest BCUT2D eigenvalue weighted by molar-refractivity contribution is -0.563. The number of rotatable bonds is 2. The van der Waals surface area contributed by atoms with Gasteiger partial charge in [-0.05, 0) is 0 Å². The van der Waals surface area contributed by atoms with Crippen molar-refractivity contribution in [1.82, 2.24) is 4.98 Å². The summed E-state index contributed by atoms with van der Waals surface area (Å²) in [6, 6.07) is 0. The smallest absolute Gasteiger partial charge is 0.415 e. The number of nitrogens with one attached hydrogen (secondary N) is 1. The van der Waals surface area contributed by atoms with E-state index in [0.29, 0.717) is 6.20 Å². The Kier molecular flexibility index (Phi) is 2.15. The molecule has 0 saturated heterocycles. The molecule has 0 bridgehead atoms. The zero-order chi connectivity index (χ0) is 10.3. The quantitative estimate of drug-likeness (QED) is 0.438. The Morgan fingerprint density at radius 1 is 1.38 bits per heavy atom. The van der Waals surface area contributed by atoms with Gasteiger partial charge >= 0.3 is 15.3 Å². The molecule has 2 N–H and O–H groups in total. The number of hydrogen-bond donors (Lipinski definition) is 2. The summed E-state index contributed by atoms with van der Waals surface area (Å²) in [5.41, 5.74) is 0. The normalized spacial score (nSPS) is 13.1. The van der Waals surface area contributed by atoms with Crippen molar-refractivity contribution in [3.8, 4) is 0 Å². The summed E-state index contributed by atoms with van der Waals surface area (Å²) in [5.74, 6) is 0. The molecule has 8 nitrogen and oxygen atoms in total. The second-order valence-corrected chi connectivity index (χ2v) is 4.58. The molecule has 0 saturated carbocycles. The fraction of sp³-hybridized carbons (Fsp3) is 0. The first kappa shape index (κ1) is 10.1. The maximum atomic E-state index is 10.5. The van der Waals surface area contributed by atoms with Gasteiger partial charge < -0.3 is 4.55 Å².